The Hall–Kier alpha value is -2.07. The van der Waals surface area contributed by atoms with Crippen molar-refractivity contribution in [3.63, 3.8) is 0 Å². The van der Waals surface area contributed by atoms with E-state index < -0.39 is 6.10 Å². The van der Waals surface area contributed by atoms with Gasteiger partial charge in [-0.2, -0.15) is 0 Å². The van der Waals surface area contributed by atoms with Crippen molar-refractivity contribution in [3.05, 3.63) is 53.3 Å². The molecule has 0 aliphatic heterocycles. The van der Waals surface area contributed by atoms with E-state index in [2.05, 4.69) is 4.98 Å². The van der Waals surface area contributed by atoms with Crippen LogP contribution in [-0.2, 0) is 0 Å². The number of aliphatic hydroxyl groups is 1. The maximum atomic E-state index is 10.4. The molecule has 1 unspecified atom stereocenters. The molecular formula is C15H17NO3. The number of benzene rings is 1. The number of hydrogen-bond acceptors (Lipinski definition) is 4. The van der Waals surface area contributed by atoms with Crippen LogP contribution >= 0.6 is 0 Å². The number of nitrogens with zero attached hydrogens (tertiary/aromatic N) is 1. The molecule has 0 saturated carbocycles. The van der Waals surface area contributed by atoms with E-state index in [0.29, 0.717) is 17.1 Å². The number of rotatable bonds is 4. The second kappa shape index (κ2) is 5.71. The van der Waals surface area contributed by atoms with Gasteiger partial charge in [-0.25, -0.2) is 0 Å². The predicted molar refractivity (Wildman–Crippen MR) is 72.6 cm³/mol. The molecule has 0 bridgehead atoms. The van der Waals surface area contributed by atoms with Crippen molar-refractivity contribution in [2.75, 3.05) is 14.2 Å². The molecule has 0 aliphatic rings. The Labute approximate surface area is 112 Å². The van der Waals surface area contributed by atoms with Gasteiger partial charge in [-0.1, -0.05) is 6.07 Å². The first-order valence-electron chi connectivity index (χ1n) is 5.97. The second-order valence-electron chi connectivity index (χ2n) is 4.31. The number of methoxy groups -OCH3 is 2. The average molecular weight is 259 g/mol. The molecule has 1 atom stereocenters. The maximum Gasteiger partial charge on any atom is 0.128 e. The van der Waals surface area contributed by atoms with Crippen molar-refractivity contribution in [1.82, 2.24) is 4.98 Å². The zero-order valence-electron chi connectivity index (χ0n) is 11.3. The molecule has 19 heavy (non-hydrogen) atoms. The summed E-state index contributed by atoms with van der Waals surface area (Å²) in [6, 6.07) is 7.25. The van der Waals surface area contributed by atoms with Crippen LogP contribution in [-0.4, -0.2) is 24.3 Å². The smallest absolute Gasteiger partial charge is 0.128 e. The van der Waals surface area contributed by atoms with Gasteiger partial charge in [-0.3, -0.25) is 4.98 Å². The summed E-state index contributed by atoms with van der Waals surface area (Å²) in [7, 11) is 3.16. The fourth-order valence-electron chi connectivity index (χ4n) is 1.95. The number of ether oxygens (including phenoxy) is 2. The topological polar surface area (TPSA) is 51.6 Å². The molecule has 0 amide bonds. The third-order valence-electron chi connectivity index (χ3n) is 2.95. The van der Waals surface area contributed by atoms with E-state index in [1.807, 2.05) is 13.0 Å². The van der Waals surface area contributed by atoms with Crippen molar-refractivity contribution >= 4 is 0 Å². The summed E-state index contributed by atoms with van der Waals surface area (Å²) >= 11 is 0. The van der Waals surface area contributed by atoms with E-state index in [0.717, 1.165) is 11.1 Å². The van der Waals surface area contributed by atoms with Gasteiger partial charge in [0.2, 0.25) is 0 Å². The zero-order valence-corrected chi connectivity index (χ0v) is 11.3. The first kappa shape index (κ1) is 13.4. The molecule has 0 aliphatic carbocycles. The lowest BCUT2D eigenvalue weighted by atomic mass is 10.0. The summed E-state index contributed by atoms with van der Waals surface area (Å²) in [5.74, 6) is 1.28. The van der Waals surface area contributed by atoms with E-state index in [1.54, 1.807) is 44.8 Å². The first-order chi connectivity index (χ1) is 9.15. The molecular weight excluding hydrogens is 242 g/mol. The van der Waals surface area contributed by atoms with Gasteiger partial charge in [0.05, 0.1) is 14.2 Å². The van der Waals surface area contributed by atoms with E-state index in [1.165, 1.54) is 0 Å². The van der Waals surface area contributed by atoms with Crippen molar-refractivity contribution in [3.8, 4) is 11.5 Å². The maximum absolute atomic E-state index is 10.4. The molecule has 100 valence electrons. The van der Waals surface area contributed by atoms with Crippen LogP contribution in [0.3, 0.4) is 0 Å². The van der Waals surface area contributed by atoms with Crippen molar-refractivity contribution in [1.29, 1.82) is 0 Å². The molecule has 2 rings (SSSR count). The monoisotopic (exact) mass is 259 g/mol. The Balaban J connectivity index is 2.40. The highest BCUT2D eigenvalue weighted by molar-refractivity contribution is 5.45. The predicted octanol–water partition coefficient (Wildman–Crippen LogP) is 2.49. The minimum Gasteiger partial charge on any atom is -0.497 e. The Kier molecular flexibility index (Phi) is 4.02. The van der Waals surface area contributed by atoms with Gasteiger partial charge in [-0.15, -0.1) is 0 Å². The molecule has 0 radical (unpaired) electrons. The number of aromatic nitrogens is 1. The van der Waals surface area contributed by atoms with Crippen LogP contribution in [0.2, 0.25) is 0 Å². The normalized spacial score (nSPS) is 12.0. The van der Waals surface area contributed by atoms with Gasteiger partial charge in [-0.05, 0) is 24.6 Å². The van der Waals surface area contributed by atoms with Gasteiger partial charge in [0.15, 0.2) is 0 Å². The molecule has 2 aromatic rings. The lowest BCUT2D eigenvalue weighted by Crippen LogP contribution is -2.03. The Bertz CT molecular complexity index is 569. The van der Waals surface area contributed by atoms with E-state index in [9.17, 15) is 5.11 Å². The number of aliphatic hydroxyl groups excluding tert-OH is 1. The Morgan fingerprint density at radius 2 is 1.89 bits per heavy atom. The largest absolute Gasteiger partial charge is 0.497 e. The summed E-state index contributed by atoms with van der Waals surface area (Å²) in [6.07, 6.45) is 2.64. The highest BCUT2D eigenvalue weighted by Gasteiger charge is 2.16. The molecule has 4 nitrogen and oxygen atoms in total. The van der Waals surface area contributed by atoms with Gasteiger partial charge in [0.25, 0.3) is 0 Å². The van der Waals surface area contributed by atoms with Crippen LogP contribution in [0.1, 0.15) is 22.8 Å². The Morgan fingerprint density at radius 3 is 2.53 bits per heavy atom. The van der Waals surface area contributed by atoms with Crippen LogP contribution in [0.5, 0.6) is 11.5 Å². The highest BCUT2D eigenvalue weighted by Crippen LogP contribution is 2.32. The van der Waals surface area contributed by atoms with Gasteiger partial charge >= 0.3 is 0 Å². The van der Waals surface area contributed by atoms with Gasteiger partial charge in [0.1, 0.15) is 17.6 Å². The van der Waals surface area contributed by atoms with Crippen LogP contribution in [0, 0.1) is 6.92 Å². The van der Waals surface area contributed by atoms with Crippen molar-refractivity contribution in [2.45, 2.75) is 13.0 Å². The fourth-order valence-corrected chi connectivity index (χ4v) is 1.95. The third kappa shape index (κ3) is 2.85. The molecule has 0 spiro atoms. The summed E-state index contributed by atoms with van der Waals surface area (Å²) in [5.41, 5.74) is 2.43. The second-order valence-corrected chi connectivity index (χ2v) is 4.31. The molecule has 0 saturated heterocycles. The molecule has 1 aromatic carbocycles. The standard InChI is InChI=1S/C15H17NO3/c1-10-6-11(9-16-8-10)15(17)13-5-4-12(18-2)7-14(13)19-3/h4-9,15,17H,1-3H3. The number of hydrogen-bond donors (Lipinski definition) is 1. The molecule has 4 heteroatoms. The highest BCUT2D eigenvalue weighted by atomic mass is 16.5. The van der Waals surface area contributed by atoms with Crippen LogP contribution in [0.15, 0.2) is 36.7 Å². The number of aryl methyl sites for hydroxylation is 1. The third-order valence-corrected chi connectivity index (χ3v) is 2.95. The van der Waals surface area contributed by atoms with E-state index in [-0.39, 0.29) is 0 Å². The van der Waals surface area contributed by atoms with E-state index >= 15 is 0 Å². The van der Waals surface area contributed by atoms with Gasteiger partial charge < -0.3 is 14.6 Å². The summed E-state index contributed by atoms with van der Waals surface area (Å²) in [5, 5.41) is 10.4. The molecule has 1 aromatic heterocycles. The summed E-state index contributed by atoms with van der Waals surface area (Å²) in [6.45, 7) is 1.94. The van der Waals surface area contributed by atoms with Gasteiger partial charge in [0, 0.05) is 29.6 Å². The lowest BCUT2D eigenvalue weighted by molar-refractivity contribution is 0.214. The van der Waals surface area contributed by atoms with Crippen LogP contribution < -0.4 is 9.47 Å². The van der Waals surface area contributed by atoms with Crippen molar-refractivity contribution in [2.24, 2.45) is 0 Å². The zero-order chi connectivity index (χ0) is 13.8. The minimum absolute atomic E-state index is 0.591. The summed E-state index contributed by atoms with van der Waals surface area (Å²) in [4.78, 5) is 4.09. The minimum atomic E-state index is -0.770. The molecule has 0 fully saturated rings. The average Bonchev–Trinajstić information content (AvgIpc) is 2.45. The Morgan fingerprint density at radius 1 is 1.11 bits per heavy atom. The molecule has 1 N–H and O–H groups in total. The van der Waals surface area contributed by atoms with Crippen molar-refractivity contribution < 1.29 is 14.6 Å². The quantitative estimate of drug-likeness (QED) is 0.916. The van der Waals surface area contributed by atoms with E-state index in [4.69, 9.17) is 9.47 Å². The fraction of sp³-hybridized carbons (Fsp3) is 0.267. The van der Waals surface area contributed by atoms with Crippen LogP contribution in [0.25, 0.3) is 0 Å². The summed E-state index contributed by atoms with van der Waals surface area (Å²) < 4.78 is 10.4. The molecule has 1 heterocycles. The first-order valence-corrected chi connectivity index (χ1v) is 5.97. The SMILES string of the molecule is COc1ccc(C(O)c2cncc(C)c2)c(OC)c1. The lowest BCUT2D eigenvalue weighted by Gasteiger charge is -2.16. The number of pyridine rings is 1. The van der Waals surface area contributed by atoms with Crippen LogP contribution in [0.4, 0.5) is 0 Å².